The first kappa shape index (κ1) is 22.5. The van der Waals surface area contributed by atoms with Crippen LogP contribution >= 0.6 is 0 Å². The van der Waals surface area contributed by atoms with Crippen molar-refractivity contribution in [1.82, 2.24) is 14.7 Å². The first-order valence-electron chi connectivity index (χ1n) is 11.4. The zero-order chi connectivity index (χ0) is 22.7. The average molecular weight is 438 g/mol. The van der Waals surface area contributed by atoms with Gasteiger partial charge in [-0.15, -0.1) is 0 Å². The maximum absolute atomic E-state index is 14.5. The molecule has 2 aromatic carbocycles. The molecule has 170 valence electrons. The van der Waals surface area contributed by atoms with E-state index in [0.29, 0.717) is 5.92 Å². The van der Waals surface area contributed by atoms with E-state index in [-0.39, 0.29) is 11.9 Å². The topological polar surface area (TPSA) is 50.5 Å². The van der Waals surface area contributed by atoms with E-state index < -0.39 is 5.82 Å². The number of rotatable bonds is 7. The van der Waals surface area contributed by atoms with E-state index in [2.05, 4.69) is 24.1 Å². The van der Waals surface area contributed by atoms with Crippen LogP contribution in [-0.4, -0.2) is 46.1 Å². The van der Waals surface area contributed by atoms with Crippen molar-refractivity contribution in [3.05, 3.63) is 65.6 Å². The summed E-state index contributed by atoms with van der Waals surface area (Å²) in [7, 11) is 1.47. The number of benzene rings is 2. The molecule has 0 saturated carbocycles. The van der Waals surface area contributed by atoms with Crippen LogP contribution in [0, 0.1) is 18.7 Å². The Morgan fingerprint density at radius 1 is 1.19 bits per heavy atom. The Labute approximate surface area is 189 Å². The number of halogens is 1. The van der Waals surface area contributed by atoms with Gasteiger partial charge in [-0.05, 0) is 75.0 Å². The molecule has 1 aliphatic rings. The Hall–Kier alpha value is -2.70. The van der Waals surface area contributed by atoms with Crippen molar-refractivity contribution in [3.8, 4) is 22.7 Å². The summed E-state index contributed by atoms with van der Waals surface area (Å²) in [5.74, 6) is 0.210. The number of nitrogens with zero attached hydrogens (tertiary/aromatic N) is 3. The number of methoxy groups -OCH3 is 1. The van der Waals surface area contributed by atoms with Crippen molar-refractivity contribution in [2.24, 2.45) is 5.92 Å². The summed E-state index contributed by atoms with van der Waals surface area (Å²) >= 11 is 0. The van der Waals surface area contributed by atoms with Gasteiger partial charge < -0.3 is 9.84 Å². The van der Waals surface area contributed by atoms with Gasteiger partial charge in [0.15, 0.2) is 11.6 Å². The molecule has 4 rings (SSSR count). The minimum absolute atomic E-state index is 0.209. The SMILES string of the molecule is CC[C@H](O)C1CCN(Cc2cn(-c3ccccc3C)nc2-c2ccc(OC)c(F)c2)CC1. The minimum atomic E-state index is -0.393. The van der Waals surface area contributed by atoms with E-state index in [1.54, 1.807) is 6.07 Å². The molecule has 2 heterocycles. The number of aryl methyl sites for hydroxylation is 1. The van der Waals surface area contributed by atoms with Crippen LogP contribution in [0.3, 0.4) is 0 Å². The van der Waals surface area contributed by atoms with Crippen LogP contribution in [0.4, 0.5) is 4.39 Å². The fourth-order valence-electron chi connectivity index (χ4n) is 4.60. The first-order chi connectivity index (χ1) is 15.5. The summed E-state index contributed by atoms with van der Waals surface area (Å²) in [6, 6.07) is 13.1. The van der Waals surface area contributed by atoms with Crippen molar-refractivity contribution >= 4 is 0 Å². The molecular formula is C26H32FN3O2. The molecule has 0 spiro atoms. The number of likely N-dealkylation sites (tertiary alicyclic amines) is 1. The Kier molecular flexibility index (Phi) is 6.92. The lowest BCUT2D eigenvalue weighted by atomic mass is 9.90. The first-order valence-corrected chi connectivity index (χ1v) is 11.4. The Bertz CT molecular complexity index is 1060. The third-order valence-corrected chi connectivity index (χ3v) is 6.57. The highest BCUT2D eigenvalue weighted by Crippen LogP contribution is 2.30. The van der Waals surface area contributed by atoms with Gasteiger partial charge in [0.1, 0.15) is 0 Å². The number of hydrogen-bond acceptors (Lipinski definition) is 4. The average Bonchev–Trinajstić information content (AvgIpc) is 3.22. The summed E-state index contributed by atoms with van der Waals surface area (Å²) in [5, 5.41) is 15.1. The highest BCUT2D eigenvalue weighted by Gasteiger charge is 2.25. The van der Waals surface area contributed by atoms with Crippen molar-refractivity contribution in [2.45, 2.75) is 45.8 Å². The molecule has 1 aromatic heterocycles. The van der Waals surface area contributed by atoms with E-state index in [0.717, 1.165) is 67.0 Å². The second-order valence-corrected chi connectivity index (χ2v) is 8.67. The lowest BCUT2D eigenvalue weighted by Gasteiger charge is -2.33. The van der Waals surface area contributed by atoms with Gasteiger partial charge >= 0.3 is 0 Å². The highest BCUT2D eigenvalue weighted by atomic mass is 19.1. The molecular weight excluding hydrogens is 405 g/mol. The summed E-state index contributed by atoms with van der Waals surface area (Å²) in [4.78, 5) is 2.40. The predicted octanol–water partition coefficient (Wildman–Crippen LogP) is 4.98. The molecule has 6 heteroatoms. The van der Waals surface area contributed by atoms with E-state index in [9.17, 15) is 9.50 Å². The van der Waals surface area contributed by atoms with Crippen LogP contribution in [0.15, 0.2) is 48.7 Å². The molecule has 1 fully saturated rings. The lowest BCUT2D eigenvalue weighted by Crippen LogP contribution is -2.37. The van der Waals surface area contributed by atoms with Crippen molar-refractivity contribution < 1.29 is 14.2 Å². The molecule has 0 amide bonds. The van der Waals surface area contributed by atoms with Crippen LogP contribution in [-0.2, 0) is 6.54 Å². The maximum atomic E-state index is 14.5. The number of aliphatic hydroxyl groups excluding tert-OH is 1. The molecule has 0 bridgehead atoms. The number of aromatic nitrogens is 2. The number of hydrogen-bond donors (Lipinski definition) is 1. The summed E-state index contributed by atoms with van der Waals surface area (Å²) in [6.07, 6.45) is 4.65. The van der Waals surface area contributed by atoms with Gasteiger partial charge in [0, 0.05) is 23.9 Å². The third-order valence-electron chi connectivity index (χ3n) is 6.57. The largest absolute Gasteiger partial charge is 0.494 e. The standard InChI is InChI=1S/C26H32FN3O2/c1-4-24(31)19-11-13-29(14-12-19)16-21-17-30(23-8-6-5-7-18(23)2)28-26(21)20-9-10-25(32-3)22(27)15-20/h5-10,15,17,19,24,31H,4,11-14,16H2,1-3H3/t24-/m0/s1. The molecule has 3 aromatic rings. The molecule has 32 heavy (non-hydrogen) atoms. The Balaban J connectivity index is 1.65. The maximum Gasteiger partial charge on any atom is 0.165 e. The van der Waals surface area contributed by atoms with Crippen LogP contribution in [0.5, 0.6) is 5.75 Å². The number of aliphatic hydroxyl groups is 1. The summed E-state index contributed by atoms with van der Waals surface area (Å²) < 4.78 is 21.5. The lowest BCUT2D eigenvalue weighted by molar-refractivity contribution is 0.0550. The van der Waals surface area contributed by atoms with Crippen molar-refractivity contribution in [3.63, 3.8) is 0 Å². The molecule has 5 nitrogen and oxygen atoms in total. The molecule has 0 radical (unpaired) electrons. The van der Waals surface area contributed by atoms with Crippen molar-refractivity contribution in [1.29, 1.82) is 0 Å². The number of ether oxygens (including phenoxy) is 1. The van der Waals surface area contributed by atoms with Crippen LogP contribution in [0.1, 0.15) is 37.3 Å². The molecule has 1 aliphatic heterocycles. The van der Waals surface area contributed by atoms with E-state index in [1.807, 2.05) is 35.9 Å². The second kappa shape index (κ2) is 9.84. The van der Waals surface area contributed by atoms with Crippen molar-refractivity contribution in [2.75, 3.05) is 20.2 Å². The Morgan fingerprint density at radius 2 is 1.94 bits per heavy atom. The van der Waals surface area contributed by atoms with Gasteiger partial charge in [-0.1, -0.05) is 25.1 Å². The molecule has 1 saturated heterocycles. The predicted molar refractivity (Wildman–Crippen MR) is 125 cm³/mol. The third kappa shape index (κ3) is 4.71. The smallest absolute Gasteiger partial charge is 0.165 e. The fraction of sp³-hybridized carbons (Fsp3) is 0.423. The van der Waals surface area contributed by atoms with Gasteiger partial charge in [0.25, 0.3) is 0 Å². The molecule has 0 unspecified atom stereocenters. The Morgan fingerprint density at radius 3 is 2.59 bits per heavy atom. The molecule has 1 atom stereocenters. The van der Waals surface area contributed by atoms with Gasteiger partial charge in [0.2, 0.25) is 0 Å². The fourth-order valence-corrected chi connectivity index (χ4v) is 4.60. The highest BCUT2D eigenvalue weighted by molar-refractivity contribution is 5.64. The monoisotopic (exact) mass is 437 g/mol. The normalized spacial score (nSPS) is 16.3. The van der Waals surface area contributed by atoms with Crippen LogP contribution in [0.25, 0.3) is 16.9 Å². The quantitative estimate of drug-likeness (QED) is 0.567. The number of para-hydroxylation sites is 1. The van der Waals surface area contributed by atoms with Gasteiger partial charge in [-0.25, -0.2) is 9.07 Å². The van der Waals surface area contributed by atoms with E-state index >= 15 is 0 Å². The van der Waals surface area contributed by atoms with Crippen LogP contribution in [0.2, 0.25) is 0 Å². The van der Waals surface area contributed by atoms with E-state index in [4.69, 9.17) is 9.84 Å². The van der Waals surface area contributed by atoms with Gasteiger partial charge in [-0.3, -0.25) is 4.90 Å². The van der Waals surface area contributed by atoms with E-state index in [1.165, 1.54) is 13.2 Å². The summed E-state index contributed by atoms with van der Waals surface area (Å²) in [6.45, 7) is 6.72. The number of piperidine rings is 1. The zero-order valence-corrected chi connectivity index (χ0v) is 19.1. The zero-order valence-electron chi connectivity index (χ0n) is 19.1. The van der Waals surface area contributed by atoms with Gasteiger partial charge in [-0.2, -0.15) is 5.10 Å². The molecule has 0 aliphatic carbocycles. The summed E-state index contributed by atoms with van der Waals surface area (Å²) in [5.41, 5.74) is 4.72. The van der Waals surface area contributed by atoms with Gasteiger partial charge in [0.05, 0.1) is 24.6 Å². The second-order valence-electron chi connectivity index (χ2n) is 8.67. The minimum Gasteiger partial charge on any atom is -0.494 e. The molecule has 1 N–H and O–H groups in total. The van der Waals surface area contributed by atoms with Crippen LogP contribution < -0.4 is 4.74 Å².